The van der Waals surface area contributed by atoms with Crippen LogP contribution < -0.4 is 0 Å². The molecule has 0 fully saturated rings. The van der Waals surface area contributed by atoms with Crippen LogP contribution in [0, 0.1) is 5.41 Å². The van der Waals surface area contributed by atoms with E-state index in [0.717, 1.165) is 12.8 Å². The van der Waals surface area contributed by atoms with Crippen LogP contribution in [0.3, 0.4) is 0 Å². The van der Waals surface area contributed by atoms with E-state index in [1.165, 1.54) is 0 Å². The molecular formula is C4H8N2. The van der Waals surface area contributed by atoms with Crippen molar-refractivity contribution in [3.63, 3.8) is 0 Å². The Morgan fingerprint density at radius 2 is 2.50 bits per heavy atom. The van der Waals surface area contributed by atoms with Crippen molar-refractivity contribution in [2.24, 2.45) is 4.99 Å². The van der Waals surface area contributed by atoms with Gasteiger partial charge in [-0.15, -0.1) is 0 Å². The molecule has 34 valence electrons. The minimum atomic E-state index is 0.912. The van der Waals surface area contributed by atoms with Gasteiger partial charge in [0.05, 0.1) is 0 Å². The Hall–Kier alpha value is -0.660. The second-order valence-electron chi connectivity index (χ2n) is 0.869. The van der Waals surface area contributed by atoms with Gasteiger partial charge in [0, 0.05) is 6.21 Å². The first kappa shape index (κ1) is 5.34. The lowest BCUT2D eigenvalue weighted by atomic mass is 10.5. The SMILES string of the molecule is CC/C=N\C=N. The maximum Gasteiger partial charge on any atom is 0.106 e. The number of hydrogen-bond donors (Lipinski definition) is 1. The lowest BCUT2D eigenvalue weighted by Gasteiger charge is -1.67. The van der Waals surface area contributed by atoms with Crippen molar-refractivity contribution in [2.45, 2.75) is 13.3 Å². The summed E-state index contributed by atoms with van der Waals surface area (Å²) in [6.45, 7) is 1.98. The molecule has 0 radical (unpaired) electrons. The molecular weight excluding hydrogens is 76.1 g/mol. The van der Waals surface area contributed by atoms with Crippen LogP contribution in [-0.2, 0) is 0 Å². The second kappa shape index (κ2) is 4.34. The van der Waals surface area contributed by atoms with E-state index in [4.69, 9.17) is 5.41 Å². The quantitative estimate of drug-likeness (QED) is 0.384. The van der Waals surface area contributed by atoms with Crippen molar-refractivity contribution in [3.8, 4) is 0 Å². The van der Waals surface area contributed by atoms with E-state index in [9.17, 15) is 0 Å². The first-order valence-corrected chi connectivity index (χ1v) is 1.92. The maximum atomic E-state index is 6.38. The highest BCUT2D eigenvalue weighted by Gasteiger charge is 1.56. The fourth-order valence-corrected chi connectivity index (χ4v) is 0.158. The molecule has 0 unspecified atom stereocenters. The van der Waals surface area contributed by atoms with E-state index in [0.29, 0.717) is 0 Å². The molecule has 0 aromatic heterocycles. The van der Waals surface area contributed by atoms with Crippen LogP contribution in [-0.4, -0.2) is 12.6 Å². The molecule has 2 nitrogen and oxygen atoms in total. The van der Waals surface area contributed by atoms with Crippen LogP contribution in [0.1, 0.15) is 13.3 Å². The number of rotatable bonds is 2. The van der Waals surface area contributed by atoms with Crippen molar-refractivity contribution in [2.75, 3.05) is 0 Å². The van der Waals surface area contributed by atoms with Gasteiger partial charge in [-0.05, 0) is 6.42 Å². The van der Waals surface area contributed by atoms with Gasteiger partial charge in [0.1, 0.15) is 6.34 Å². The van der Waals surface area contributed by atoms with E-state index in [1.807, 2.05) is 6.92 Å². The summed E-state index contributed by atoms with van der Waals surface area (Å²) in [4.78, 5) is 3.51. The minimum Gasteiger partial charge on any atom is -0.290 e. The third-order valence-electron chi connectivity index (χ3n) is 0.363. The Bertz CT molecular complexity index is 56.6. The minimum absolute atomic E-state index is 0.912. The van der Waals surface area contributed by atoms with Crippen molar-refractivity contribution in [1.82, 2.24) is 0 Å². The van der Waals surface area contributed by atoms with Crippen molar-refractivity contribution < 1.29 is 0 Å². The van der Waals surface area contributed by atoms with Crippen molar-refractivity contribution in [3.05, 3.63) is 0 Å². The molecule has 0 heterocycles. The summed E-state index contributed by atoms with van der Waals surface area (Å²) in [6, 6.07) is 0. The summed E-state index contributed by atoms with van der Waals surface area (Å²) in [5, 5.41) is 6.38. The van der Waals surface area contributed by atoms with Gasteiger partial charge in [-0.2, -0.15) is 0 Å². The molecule has 0 atom stereocenters. The van der Waals surface area contributed by atoms with Crippen LogP contribution in [0.2, 0.25) is 0 Å². The largest absolute Gasteiger partial charge is 0.290 e. The first-order valence-electron chi connectivity index (χ1n) is 1.92. The molecule has 0 aliphatic heterocycles. The fourth-order valence-electron chi connectivity index (χ4n) is 0.158. The van der Waals surface area contributed by atoms with Crippen LogP contribution in [0.25, 0.3) is 0 Å². The normalized spacial score (nSPS) is 9.50. The van der Waals surface area contributed by atoms with Crippen LogP contribution in [0.5, 0.6) is 0 Å². The molecule has 0 saturated carbocycles. The molecule has 2 heteroatoms. The summed E-state index contributed by atoms with van der Waals surface area (Å²) in [6.07, 6.45) is 3.63. The standard InChI is InChI=1S/C4H8N2/c1-2-3-6-4-5/h3-5H,2H2,1H3/b5-4?,6-3-. The van der Waals surface area contributed by atoms with Gasteiger partial charge in [-0.3, -0.25) is 5.41 Å². The Kier molecular flexibility index (Phi) is 3.86. The fraction of sp³-hybridized carbons (Fsp3) is 0.500. The molecule has 0 spiro atoms. The Labute approximate surface area is 37.4 Å². The third-order valence-corrected chi connectivity index (χ3v) is 0.363. The van der Waals surface area contributed by atoms with Gasteiger partial charge in [-0.1, -0.05) is 6.92 Å². The Morgan fingerprint density at radius 1 is 1.83 bits per heavy atom. The molecule has 0 aromatic carbocycles. The summed E-state index contributed by atoms with van der Waals surface area (Å²) in [5.41, 5.74) is 0. The van der Waals surface area contributed by atoms with Crippen molar-refractivity contribution in [1.29, 1.82) is 5.41 Å². The molecule has 0 rings (SSSR count). The summed E-state index contributed by atoms with van der Waals surface area (Å²) in [5.74, 6) is 0. The Morgan fingerprint density at radius 3 is 2.67 bits per heavy atom. The molecule has 0 saturated heterocycles. The first-order chi connectivity index (χ1) is 2.91. The molecule has 0 amide bonds. The highest BCUT2D eigenvalue weighted by molar-refractivity contribution is 5.69. The van der Waals surface area contributed by atoms with Crippen LogP contribution >= 0.6 is 0 Å². The van der Waals surface area contributed by atoms with Gasteiger partial charge in [0.2, 0.25) is 0 Å². The molecule has 6 heavy (non-hydrogen) atoms. The molecule has 0 bridgehead atoms. The molecule has 0 aliphatic carbocycles. The zero-order chi connectivity index (χ0) is 4.83. The smallest absolute Gasteiger partial charge is 0.106 e. The second-order valence-corrected chi connectivity index (χ2v) is 0.869. The summed E-state index contributed by atoms with van der Waals surface area (Å²) < 4.78 is 0. The number of nitrogens with one attached hydrogen (secondary N) is 1. The average Bonchev–Trinajstić information content (AvgIpc) is 1.61. The maximum absolute atomic E-state index is 6.38. The predicted octanol–water partition coefficient (Wildman–Crippen LogP) is 1.07. The number of aliphatic imine (C=N–C) groups is 1. The van der Waals surface area contributed by atoms with Gasteiger partial charge >= 0.3 is 0 Å². The summed E-state index contributed by atoms with van der Waals surface area (Å²) >= 11 is 0. The lowest BCUT2D eigenvalue weighted by molar-refractivity contribution is 1.32. The van der Waals surface area contributed by atoms with Gasteiger partial charge < -0.3 is 0 Å². The van der Waals surface area contributed by atoms with Crippen LogP contribution in [0.4, 0.5) is 0 Å². The predicted molar refractivity (Wildman–Crippen MR) is 27.6 cm³/mol. The van der Waals surface area contributed by atoms with Gasteiger partial charge in [0.25, 0.3) is 0 Å². The molecule has 0 aromatic rings. The topological polar surface area (TPSA) is 36.2 Å². The molecule has 1 N–H and O–H groups in total. The van der Waals surface area contributed by atoms with E-state index in [1.54, 1.807) is 6.21 Å². The summed E-state index contributed by atoms with van der Waals surface area (Å²) in [7, 11) is 0. The van der Waals surface area contributed by atoms with Crippen molar-refractivity contribution >= 4 is 12.6 Å². The van der Waals surface area contributed by atoms with Crippen LogP contribution in [0.15, 0.2) is 4.99 Å². The van der Waals surface area contributed by atoms with Gasteiger partial charge in [0.15, 0.2) is 0 Å². The third kappa shape index (κ3) is 3.34. The van der Waals surface area contributed by atoms with Gasteiger partial charge in [-0.25, -0.2) is 4.99 Å². The highest BCUT2D eigenvalue weighted by Crippen LogP contribution is 1.62. The van der Waals surface area contributed by atoms with E-state index >= 15 is 0 Å². The zero-order valence-corrected chi connectivity index (χ0v) is 3.81. The monoisotopic (exact) mass is 84.1 g/mol. The molecule has 0 aliphatic rings. The number of nitrogens with zero attached hydrogens (tertiary/aromatic N) is 1. The average molecular weight is 84.1 g/mol. The van der Waals surface area contributed by atoms with E-state index in [2.05, 4.69) is 4.99 Å². The number of hydrogen-bond acceptors (Lipinski definition) is 1. The Balaban J connectivity index is 2.94. The highest BCUT2D eigenvalue weighted by atomic mass is 14.7. The van der Waals surface area contributed by atoms with E-state index < -0.39 is 0 Å². The van der Waals surface area contributed by atoms with E-state index in [-0.39, 0.29) is 0 Å². The lowest BCUT2D eigenvalue weighted by Crippen LogP contribution is -1.64. The zero-order valence-electron chi connectivity index (χ0n) is 3.81.